The molecule has 0 saturated carbocycles. The number of anilines is 1. The molecule has 0 radical (unpaired) electrons. The summed E-state index contributed by atoms with van der Waals surface area (Å²) in [6.07, 6.45) is 4.54. The van der Waals surface area contributed by atoms with Crippen LogP contribution in [0.3, 0.4) is 0 Å². The Morgan fingerprint density at radius 1 is 1.09 bits per heavy atom. The number of nitrogens with one attached hydrogen (secondary N) is 1. The molecule has 1 unspecified atom stereocenters. The van der Waals surface area contributed by atoms with Crippen molar-refractivity contribution in [1.82, 2.24) is 14.7 Å². The first-order valence-corrected chi connectivity index (χ1v) is 11.6. The van der Waals surface area contributed by atoms with E-state index in [2.05, 4.69) is 23.2 Å². The minimum atomic E-state index is -0.286. The summed E-state index contributed by atoms with van der Waals surface area (Å²) in [4.78, 5) is 27.3. The second kappa shape index (κ2) is 8.83. The van der Waals surface area contributed by atoms with Crippen molar-refractivity contribution in [2.75, 3.05) is 11.9 Å². The van der Waals surface area contributed by atoms with Gasteiger partial charge in [-0.1, -0.05) is 36.4 Å². The summed E-state index contributed by atoms with van der Waals surface area (Å²) in [5.41, 5.74) is 12.1. The van der Waals surface area contributed by atoms with E-state index in [0.29, 0.717) is 12.2 Å². The number of hydrogen-bond donors (Lipinski definition) is 2. The number of likely N-dealkylation sites (tertiary alicyclic amines) is 1. The first-order valence-electron chi connectivity index (χ1n) is 11.6. The maximum atomic E-state index is 13.4. The molecule has 1 aliphatic heterocycles. The fourth-order valence-electron chi connectivity index (χ4n) is 5.14. The van der Waals surface area contributed by atoms with Crippen LogP contribution < -0.4 is 11.1 Å². The molecule has 1 aromatic heterocycles. The highest BCUT2D eigenvalue weighted by atomic mass is 16.2. The lowest BCUT2D eigenvalue weighted by atomic mass is 10.1. The van der Waals surface area contributed by atoms with E-state index in [9.17, 15) is 9.59 Å². The van der Waals surface area contributed by atoms with Gasteiger partial charge in [0.25, 0.3) is 5.91 Å². The topological polar surface area (TPSA) is 93.2 Å². The fraction of sp³-hybridized carbons (Fsp3) is 0.346. The van der Waals surface area contributed by atoms with E-state index in [4.69, 9.17) is 10.8 Å². The highest BCUT2D eigenvalue weighted by Gasteiger charge is 2.30. The van der Waals surface area contributed by atoms with Crippen LogP contribution in [0.15, 0.2) is 48.5 Å². The Hall–Kier alpha value is -3.45. The molecule has 7 heteroatoms. The van der Waals surface area contributed by atoms with E-state index in [1.807, 2.05) is 47.1 Å². The van der Waals surface area contributed by atoms with Gasteiger partial charge in [-0.3, -0.25) is 14.5 Å². The number of carbonyl (C=O) groups excluding carboxylic acids is 2. The Balaban J connectivity index is 1.42. The van der Waals surface area contributed by atoms with E-state index in [1.165, 1.54) is 0 Å². The quantitative estimate of drug-likeness (QED) is 0.611. The Kier molecular flexibility index (Phi) is 5.72. The van der Waals surface area contributed by atoms with Gasteiger partial charge in [-0.05, 0) is 68.8 Å². The number of nitrogens with zero attached hydrogens (tertiary/aromatic N) is 3. The minimum absolute atomic E-state index is 0.194. The number of aryl methyl sites for hydroxylation is 1. The van der Waals surface area contributed by atoms with Crippen molar-refractivity contribution in [2.24, 2.45) is 5.73 Å². The zero-order valence-corrected chi connectivity index (χ0v) is 18.9. The molecule has 170 valence electrons. The number of benzene rings is 2. The maximum Gasteiger partial charge on any atom is 0.276 e. The van der Waals surface area contributed by atoms with Crippen LogP contribution in [0.5, 0.6) is 0 Å². The molecule has 1 fully saturated rings. The molecular weight excluding hydrogens is 414 g/mol. The largest absolute Gasteiger partial charge is 0.368 e. The van der Waals surface area contributed by atoms with Gasteiger partial charge in [-0.25, -0.2) is 4.68 Å². The van der Waals surface area contributed by atoms with E-state index in [1.54, 1.807) is 0 Å². The summed E-state index contributed by atoms with van der Waals surface area (Å²) in [5, 5.41) is 7.86. The van der Waals surface area contributed by atoms with Gasteiger partial charge in [-0.2, -0.15) is 5.10 Å². The lowest BCUT2D eigenvalue weighted by molar-refractivity contribution is -0.122. The summed E-state index contributed by atoms with van der Waals surface area (Å²) in [7, 11) is 0. The SMILES string of the molecule is Cc1ccccc1-n1nc(C(=O)Nc2ccccc2CN2CCCC2C(N)=O)c2c1CCC2. The summed E-state index contributed by atoms with van der Waals surface area (Å²) >= 11 is 0. The summed E-state index contributed by atoms with van der Waals surface area (Å²) in [6, 6.07) is 15.6. The third kappa shape index (κ3) is 4.04. The highest BCUT2D eigenvalue weighted by Crippen LogP contribution is 2.30. The zero-order valence-electron chi connectivity index (χ0n) is 18.9. The summed E-state index contributed by atoms with van der Waals surface area (Å²) < 4.78 is 1.94. The molecule has 3 aromatic rings. The lowest BCUT2D eigenvalue weighted by Crippen LogP contribution is -2.39. The number of carbonyl (C=O) groups is 2. The number of hydrogen-bond acceptors (Lipinski definition) is 4. The Morgan fingerprint density at radius 3 is 2.70 bits per heavy atom. The number of nitrogens with two attached hydrogens (primary N) is 1. The number of fused-ring (bicyclic) bond motifs is 1. The Bertz CT molecular complexity index is 1220. The van der Waals surface area contributed by atoms with Crippen molar-refractivity contribution < 1.29 is 9.59 Å². The highest BCUT2D eigenvalue weighted by molar-refractivity contribution is 6.04. The average Bonchev–Trinajstić information content (AvgIpc) is 3.52. The predicted octanol–water partition coefficient (Wildman–Crippen LogP) is 3.37. The van der Waals surface area contributed by atoms with Crippen LogP contribution in [-0.2, 0) is 24.2 Å². The van der Waals surface area contributed by atoms with Crippen LogP contribution in [0.2, 0.25) is 0 Å². The van der Waals surface area contributed by atoms with Gasteiger partial charge >= 0.3 is 0 Å². The van der Waals surface area contributed by atoms with Crippen LogP contribution in [-0.4, -0.2) is 39.1 Å². The minimum Gasteiger partial charge on any atom is -0.368 e. The van der Waals surface area contributed by atoms with Gasteiger partial charge in [0.05, 0.1) is 11.7 Å². The van der Waals surface area contributed by atoms with Crippen LogP contribution in [0.25, 0.3) is 5.69 Å². The number of para-hydroxylation sites is 2. The van der Waals surface area contributed by atoms with Gasteiger partial charge in [0, 0.05) is 23.5 Å². The first kappa shape index (κ1) is 21.4. The van der Waals surface area contributed by atoms with E-state index >= 15 is 0 Å². The maximum absolute atomic E-state index is 13.4. The smallest absolute Gasteiger partial charge is 0.276 e. The van der Waals surface area contributed by atoms with Crippen LogP contribution >= 0.6 is 0 Å². The fourth-order valence-corrected chi connectivity index (χ4v) is 5.14. The summed E-state index contributed by atoms with van der Waals surface area (Å²) in [5.74, 6) is -0.480. The second-order valence-corrected chi connectivity index (χ2v) is 8.97. The van der Waals surface area contributed by atoms with Crippen LogP contribution in [0.4, 0.5) is 5.69 Å². The summed E-state index contributed by atoms with van der Waals surface area (Å²) in [6.45, 7) is 3.45. The third-order valence-electron chi connectivity index (χ3n) is 6.82. The lowest BCUT2D eigenvalue weighted by Gasteiger charge is -2.23. The first-order chi connectivity index (χ1) is 16.0. The molecule has 2 aliphatic rings. The molecule has 0 spiro atoms. The van der Waals surface area contributed by atoms with E-state index in [-0.39, 0.29) is 17.9 Å². The van der Waals surface area contributed by atoms with E-state index in [0.717, 1.165) is 72.4 Å². The zero-order chi connectivity index (χ0) is 22.9. The van der Waals surface area contributed by atoms with Crippen molar-refractivity contribution in [2.45, 2.75) is 51.6 Å². The van der Waals surface area contributed by atoms with Crippen molar-refractivity contribution in [3.63, 3.8) is 0 Å². The number of rotatable bonds is 6. The van der Waals surface area contributed by atoms with Crippen LogP contribution in [0.1, 0.15) is 52.1 Å². The van der Waals surface area contributed by atoms with Crippen molar-refractivity contribution in [1.29, 1.82) is 0 Å². The van der Waals surface area contributed by atoms with Gasteiger partial charge in [0.15, 0.2) is 5.69 Å². The number of amides is 2. The molecule has 5 rings (SSSR count). The molecule has 2 amide bonds. The predicted molar refractivity (Wildman–Crippen MR) is 127 cm³/mol. The standard InChI is InChI=1S/C26H29N5O2/c1-17-8-2-5-12-21(17)31-22-13-6-10-19(22)24(29-31)26(33)28-20-11-4-3-9-18(20)16-30-15-7-14-23(30)25(27)32/h2-5,8-9,11-12,23H,6-7,10,13-16H2,1H3,(H2,27,32)(H,28,33). The molecule has 1 aliphatic carbocycles. The molecule has 33 heavy (non-hydrogen) atoms. The molecule has 3 N–H and O–H groups in total. The molecule has 0 bridgehead atoms. The van der Waals surface area contributed by atoms with Crippen LogP contribution in [0, 0.1) is 6.92 Å². The van der Waals surface area contributed by atoms with Gasteiger partial charge in [-0.15, -0.1) is 0 Å². The number of aromatic nitrogens is 2. The second-order valence-electron chi connectivity index (χ2n) is 8.97. The van der Waals surface area contributed by atoms with E-state index < -0.39 is 0 Å². The molecular formula is C26H29N5O2. The Labute approximate surface area is 193 Å². The number of primary amides is 1. The molecule has 1 atom stereocenters. The van der Waals surface area contributed by atoms with Gasteiger partial charge in [0.1, 0.15) is 0 Å². The molecule has 2 heterocycles. The monoisotopic (exact) mass is 443 g/mol. The third-order valence-corrected chi connectivity index (χ3v) is 6.82. The molecule has 1 saturated heterocycles. The van der Waals surface area contributed by atoms with Gasteiger partial charge in [0.2, 0.25) is 5.91 Å². The molecule has 2 aromatic carbocycles. The molecule has 7 nitrogen and oxygen atoms in total. The Morgan fingerprint density at radius 2 is 1.88 bits per heavy atom. The van der Waals surface area contributed by atoms with Crippen molar-refractivity contribution in [3.8, 4) is 5.69 Å². The van der Waals surface area contributed by atoms with Crippen molar-refractivity contribution in [3.05, 3.63) is 76.6 Å². The van der Waals surface area contributed by atoms with Crippen molar-refractivity contribution >= 4 is 17.5 Å². The average molecular weight is 444 g/mol. The normalized spacial score (nSPS) is 17.8. The van der Waals surface area contributed by atoms with Gasteiger partial charge < -0.3 is 11.1 Å².